The molecule has 1 aromatic carbocycles. The molecule has 1 aliphatic heterocycles. The van der Waals surface area contributed by atoms with E-state index in [0.717, 1.165) is 44.2 Å². The average molecular weight is 285 g/mol. The highest BCUT2D eigenvalue weighted by Gasteiger charge is 2.26. The summed E-state index contributed by atoms with van der Waals surface area (Å²) in [6.45, 7) is 2.57. The molecule has 1 atom stereocenters. The van der Waals surface area contributed by atoms with Crippen molar-refractivity contribution in [2.24, 2.45) is 0 Å². The molecule has 0 N–H and O–H groups in total. The Morgan fingerprint density at radius 2 is 1.85 bits per heavy atom. The van der Waals surface area contributed by atoms with Crippen LogP contribution >= 0.6 is 0 Å². The van der Waals surface area contributed by atoms with Gasteiger partial charge in [0.15, 0.2) is 17.5 Å². The third-order valence-electron chi connectivity index (χ3n) is 3.84. The number of benzene rings is 1. The van der Waals surface area contributed by atoms with Crippen LogP contribution < -0.4 is 0 Å². The van der Waals surface area contributed by atoms with E-state index in [1.807, 2.05) is 6.92 Å². The number of hydrogen-bond donors (Lipinski definition) is 0. The Kier molecular flexibility index (Phi) is 4.68. The largest absolute Gasteiger partial charge is 0.336 e. The Morgan fingerprint density at radius 3 is 2.45 bits per heavy atom. The van der Waals surface area contributed by atoms with E-state index >= 15 is 0 Å². The van der Waals surface area contributed by atoms with Crippen molar-refractivity contribution in [3.8, 4) is 0 Å². The summed E-state index contributed by atoms with van der Waals surface area (Å²) in [4.78, 5) is 14.1. The minimum atomic E-state index is -1.54. The van der Waals surface area contributed by atoms with E-state index in [9.17, 15) is 18.0 Å². The van der Waals surface area contributed by atoms with Gasteiger partial charge in [-0.25, -0.2) is 13.2 Å². The highest BCUT2D eigenvalue weighted by atomic mass is 19.2. The van der Waals surface area contributed by atoms with Gasteiger partial charge in [-0.05, 0) is 31.4 Å². The molecule has 1 amide bonds. The second kappa shape index (κ2) is 6.29. The molecule has 0 saturated carbocycles. The van der Waals surface area contributed by atoms with E-state index in [4.69, 9.17) is 0 Å². The van der Waals surface area contributed by atoms with Crippen molar-refractivity contribution in [2.45, 2.75) is 45.1 Å². The first kappa shape index (κ1) is 14.9. The molecule has 0 spiro atoms. The minimum Gasteiger partial charge on any atom is -0.336 e. The number of rotatable bonds is 2. The summed E-state index contributed by atoms with van der Waals surface area (Å²) >= 11 is 0. The molecule has 0 radical (unpaired) electrons. The van der Waals surface area contributed by atoms with Crippen LogP contribution in [0.15, 0.2) is 12.1 Å². The molecule has 0 aromatic heterocycles. The summed E-state index contributed by atoms with van der Waals surface area (Å²) in [6.07, 6.45) is 4.68. The van der Waals surface area contributed by atoms with Gasteiger partial charge in [-0.3, -0.25) is 4.79 Å². The highest BCUT2D eigenvalue weighted by Crippen LogP contribution is 2.22. The monoisotopic (exact) mass is 285 g/mol. The number of halogens is 3. The maximum absolute atomic E-state index is 13.2. The van der Waals surface area contributed by atoms with Gasteiger partial charge in [-0.15, -0.1) is 0 Å². The molecule has 110 valence electrons. The van der Waals surface area contributed by atoms with E-state index in [2.05, 4.69) is 0 Å². The summed E-state index contributed by atoms with van der Waals surface area (Å²) in [5, 5.41) is 0. The normalized spacial score (nSPS) is 19.8. The van der Waals surface area contributed by atoms with Crippen molar-refractivity contribution in [1.82, 2.24) is 4.90 Å². The van der Waals surface area contributed by atoms with E-state index < -0.39 is 23.4 Å². The summed E-state index contributed by atoms with van der Waals surface area (Å²) in [5.41, 5.74) is -0.123. The van der Waals surface area contributed by atoms with Crippen LogP contribution in [0.1, 0.15) is 49.4 Å². The van der Waals surface area contributed by atoms with Crippen molar-refractivity contribution < 1.29 is 18.0 Å². The van der Waals surface area contributed by atoms with Crippen LogP contribution in [-0.2, 0) is 0 Å². The lowest BCUT2D eigenvalue weighted by Crippen LogP contribution is -2.39. The third-order valence-corrected chi connectivity index (χ3v) is 3.84. The summed E-state index contributed by atoms with van der Waals surface area (Å²) in [5.74, 6) is -4.60. The second-order valence-corrected chi connectivity index (χ2v) is 5.16. The fraction of sp³-hybridized carbons (Fsp3) is 0.533. The van der Waals surface area contributed by atoms with Crippen LogP contribution in [0, 0.1) is 17.5 Å². The standard InChI is InChI=1S/C15H18F3NO/c1-2-11-6-4-3-5-7-19(11)15(20)10-8-12(16)14(18)13(17)9-10/h8-9,11H,2-7H2,1H3. The Labute approximate surface area is 116 Å². The van der Waals surface area contributed by atoms with Crippen LogP contribution in [-0.4, -0.2) is 23.4 Å². The fourth-order valence-electron chi connectivity index (χ4n) is 2.71. The van der Waals surface area contributed by atoms with Crippen LogP contribution in [0.4, 0.5) is 13.2 Å². The van der Waals surface area contributed by atoms with Crippen molar-refractivity contribution in [3.63, 3.8) is 0 Å². The molecule has 1 unspecified atom stereocenters. The Bertz CT molecular complexity index is 481. The Hall–Kier alpha value is -1.52. The second-order valence-electron chi connectivity index (χ2n) is 5.16. The maximum Gasteiger partial charge on any atom is 0.254 e. The van der Waals surface area contributed by atoms with Gasteiger partial charge in [0.2, 0.25) is 0 Å². The number of carbonyl (C=O) groups excluding carboxylic acids is 1. The minimum absolute atomic E-state index is 0.0844. The molecule has 2 rings (SSSR count). The molecule has 1 aliphatic rings. The van der Waals surface area contributed by atoms with E-state index in [0.29, 0.717) is 6.54 Å². The summed E-state index contributed by atoms with van der Waals surface area (Å²) < 4.78 is 39.4. The van der Waals surface area contributed by atoms with Gasteiger partial charge in [0, 0.05) is 18.2 Å². The van der Waals surface area contributed by atoms with Gasteiger partial charge < -0.3 is 4.90 Å². The average Bonchev–Trinajstić information content (AvgIpc) is 2.68. The van der Waals surface area contributed by atoms with Gasteiger partial charge in [0.05, 0.1) is 0 Å². The van der Waals surface area contributed by atoms with Gasteiger partial charge >= 0.3 is 0 Å². The Balaban J connectivity index is 2.29. The molecule has 2 nitrogen and oxygen atoms in total. The van der Waals surface area contributed by atoms with Crippen LogP contribution in [0.5, 0.6) is 0 Å². The molecule has 1 saturated heterocycles. The number of carbonyl (C=O) groups is 1. The topological polar surface area (TPSA) is 20.3 Å². The molecular formula is C15H18F3NO. The zero-order valence-corrected chi connectivity index (χ0v) is 11.5. The first-order chi connectivity index (χ1) is 9.54. The van der Waals surface area contributed by atoms with E-state index in [-0.39, 0.29) is 11.6 Å². The zero-order chi connectivity index (χ0) is 14.7. The SMILES string of the molecule is CCC1CCCCCN1C(=O)c1cc(F)c(F)c(F)c1. The van der Waals surface area contributed by atoms with E-state index in [1.54, 1.807) is 4.90 Å². The van der Waals surface area contributed by atoms with Crippen LogP contribution in [0.2, 0.25) is 0 Å². The predicted octanol–water partition coefficient (Wildman–Crippen LogP) is 3.90. The van der Waals surface area contributed by atoms with Crippen LogP contribution in [0.3, 0.4) is 0 Å². The summed E-state index contributed by atoms with van der Waals surface area (Å²) in [6, 6.07) is 1.64. The molecule has 1 aromatic rings. The quantitative estimate of drug-likeness (QED) is 0.755. The van der Waals surface area contributed by atoms with Gasteiger partial charge in [0.1, 0.15) is 0 Å². The summed E-state index contributed by atoms with van der Waals surface area (Å²) in [7, 11) is 0. The lowest BCUT2D eigenvalue weighted by Gasteiger charge is -2.29. The zero-order valence-electron chi connectivity index (χ0n) is 11.5. The molecule has 0 bridgehead atoms. The third kappa shape index (κ3) is 2.97. The first-order valence-corrected chi connectivity index (χ1v) is 7.00. The number of hydrogen-bond acceptors (Lipinski definition) is 1. The lowest BCUT2D eigenvalue weighted by atomic mass is 10.1. The first-order valence-electron chi connectivity index (χ1n) is 7.00. The molecule has 1 fully saturated rings. The van der Waals surface area contributed by atoms with Gasteiger partial charge in [0.25, 0.3) is 5.91 Å². The highest BCUT2D eigenvalue weighted by molar-refractivity contribution is 5.94. The predicted molar refractivity (Wildman–Crippen MR) is 69.9 cm³/mol. The van der Waals surface area contributed by atoms with Gasteiger partial charge in [-0.2, -0.15) is 0 Å². The molecule has 5 heteroatoms. The fourth-order valence-corrected chi connectivity index (χ4v) is 2.71. The van der Waals surface area contributed by atoms with E-state index in [1.165, 1.54) is 0 Å². The van der Waals surface area contributed by atoms with Crippen molar-refractivity contribution in [2.75, 3.05) is 6.54 Å². The number of likely N-dealkylation sites (tertiary alicyclic amines) is 1. The van der Waals surface area contributed by atoms with Crippen molar-refractivity contribution in [3.05, 3.63) is 35.1 Å². The smallest absolute Gasteiger partial charge is 0.254 e. The Morgan fingerprint density at radius 1 is 1.20 bits per heavy atom. The van der Waals surface area contributed by atoms with Gasteiger partial charge in [-0.1, -0.05) is 19.8 Å². The maximum atomic E-state index is 13.2. The lowest BCUT2D eigenvalue weighted by molar-refractivity contribution is 0.0677. The molecular weight excluding hydrogens is 267 g/mol. The van der Waals surface area contributed by atoms with Crippen molar-refractivity contribution >= 4 is 5.91 Å². The van der Waals surface area contributed by atoms with Crippen LogP contribution in [0.25, 0.3) is 0 Å². The molecule has 20 heavy (non-hydrogen) atoms. The van der Waals surface area contributed by atoms with Crippen molar-refractivity contribution in [1.29, 1.82) is 0 Å². The molecule has 0 aliphatic carbocycles. The number of amides is 1. The molecule has 1 heterocycles. The number of nitrogens with zero attached hydrogens (tertiary/aromatic N) is 1.